The first kappa shape index (κ1) is 14.6. The van der Waals surface area contributed by atoms with Crippen LogP contribution in [0.1, 0.15) is 6.92 Å². The van der Waals surface area contributed by atoms with Crippen molar-refractivity contribution in [3.8, 4) is 0 Å². The van der Waals surface area contributed by atoms with Gasteiger partial charge in [0, 0.05) is 31.6 Å². The second-order valence-electron chi connectivity index (χ2n) is 4.74. The third-order valence-electron chi connectivity index (χ3n) is 3.50. The molecule has 0 radical (unpaired) electrons. The van der Waals surface area contributed by atoms with E-state index in [4.69, 9.17) is 4.74 Å². The molecule has 3 heterocycles. The highest BCUT2D eigenvalue weighted by Crippen LogP contribution is 2.31. The van der Waals surface area contributed by atoms with Crippen molar-refractivity contribution < 1.29 is 14.5 Å². The molecule has 0 saturated carbocycles. The van der Waals surface area contributed by atoms with Crippen molar-refractivity contribution in [2.45, 2.75) is 6.92 Å². The maximum Gasteiger partial charge on any atom is 0.409 e. The van der Waals surface area contributed by atoms with Crippen LogP contribution < -0.4 is 4.90 Å². The van der Waals surface area contributed by atoms with Gasteiger partial charge in [-0.25, -0.2) is 4.79 Å². The first-order chi connectivity index (χ1) is 10.6. The fourth-order valence-corrected chi connectivity index (χ4v) is 3.16. The molecule has 0 unspecified atom stereocenters. The molecule has 1 amide bonds. The van der Waals surface area contributed by atoms with Crippen LogP contribution in [-0.4, -0.2) is 58.1 Å². The number of piperazine rings is 1. The normalized spacial score (nSPS) is 15.3. The smallest absolute Gasteiger partial charge is 0.409 e. The Morgan fingerprint density at radius 1 is 1.45 bits per heavy atom. The number of imidazole rings is 1. The molecule has 0 aromatic carbocycles. The molecule has 1 fully saturated rings. The molecule has 0 spiro atoms. The zero-order valence-corrected chi connectivity index (χ0v) is 12.8. The van der Waals surface area contributed by atoms with E-state index < -0.39 is 4.92 Å². The monoisotopic (exact) mass is 325 g/mol. The summed E-state index contributed by atoms with van der Waals surface area (Å²) in [6, 6.07) is 0. The van der Waals surface area contributed by atoms with Gasteiger partial charge >= 0.3 is 11.9 Å². The fourth-order valence-electron chi connectivity index (χ4n) is 2.46. The Kier molecular flexibility index (Phi) is 3.84. The van der Waals surface area contributed by atoms with Gasteiger partial charge in [-0.05, 0) is 11.8 Å². The number of rotatable bonds is 3. The highest BCUT2D eigenvalue weighted by atomic mass is 32.1. The van der Waals surface area contributed by atoms with Gasteiger partial charge in [-0.2, -0.15) is 9.38 Å². The van der Waals surface area contributed by atoms with E-state index in [0.717, 1.165) is 0 Å². The van der Waals surface area contributed by atoms with Crippen molar-refractivity contribution in [3.63, 3.8) is 0 Å². The van der Waals surface area contributed by atoms with Crippen LogP contribution in [0, 0.1) is 10.1 Å². The lowest BCUT2D eigenvalue weighted by atomic mass is 10.3. The van der Waals surface area contributed by atoms with Crippen molar-refractivity contribution >= 4 is 34.0 Å². The zero-order valence-electron chi connectivity index (χ0n) is 12.0. The standard InChI is InChI=1S/C12H15N5O4S/c1-2-21-12(18)15-5-3-14(4-6-15)9-10(17(19)20)16-7-8-22-11(16)13-9/h7-8H,2-6H2,1H3. The number of fused-ring (bicyclic) bond motifs is 1. The molecule has 1 saturated heterocycles. The lowest BCUT2D eigenvalue weighted by Crippen LogP contribution is -2.49. The average molecular weight is 325 g/mol. The number of ether oxygens (including phenoxy) is 1. The summed E-state index contributed by atoms with van der Waals surface area (Å²) in [6.07, 6.45) is 1.30. The SMILES string of the molecule is CCOC(=O)N1CCN(c2nc3sccn3c2[N+](=O)[O-])CC1. The van der Waals surface area contributed by atoms with E-state index in [-0.39, 0.29) is 11.9 Å². The summed E-state index contributed by atoms with van der Waals surface area (Å²) >= 11 is 1.35. The Morgan fingerprint density at radius 3 is 2.82 bits per heavy atom. The molecule has 0 aliphatic carbocycles. The molecule has 0 N–H and O–H groups in total. The summed E-state index contributed by atoms with van der Waals surface area (Å²) in [7, 11) is 0. The van der Waals surface area contributed by atoms with Crippen LogP contribution in [0.3, 0.4) is 0 Å². The summed E-state index contributed by atoms with van der Waals surface area (Å²) in [5.74, 6) is 0.334. The van der Waals surface area contributed by atoms with Crippen LogP contribution in [0.2, 0.25) is 0 Å². The van der Waals surface area contributed by atoms with E-state index in [1.807, 2.05) is 4.90 Å². The van der Waals surface area contributed by atoms with E-state index >= 15 is 0 Å². The summed E-state index contributed by atoms with van der Waals surface area (Å²) in [5.41, 5.74) is 0. The Balaban J connectivity index is 1.79. The molecule has 1 aliphatic heterocycles. The molecule has 9 nitrogen and oxygen atoms in total. The summed E-state index contributed by atoms with van der Waals surface area (Å²) in [6.45, 7) is 3.99. The molecule has 3 rings (SSSR count). The number of nitrogens with zero attached hydrogens (tertiary/aromatic N) is 5. The third kappa shape index (κ3) is 2.45. The van der Waals surface area contributed by atoms with Crippen molar-refractivity contribution in [1.82, 2.24) is 14.3 Å². The first-order valence-electron chi connectivity index (χ1n) is 6.88. The Hall–Kier alpha value is -2.36. The topological polar surface area (TPSA) is 93.2 Å². The number of anilines is 1. The molecule has 1 aliphatic rings. The summed E-state index contributed by atoms with van der Waals surface area (Å²) in [4.78, 5) is 31.0. The second kappa shape index (κ2) is 5.79. The van der Waals surface area contributed by atoms with Gasteiger partial charge in [-0.15, -0.1) is 0 Å². The number of nitro groups is 1. The van der Waals surface area contributed by atoms with Gasteiger partial charge in [0.05, 0.1) is 6.61 Å². The Morgan fingerprint density at radius 2 is 2.18 bits per heavy atom. The fraction of sp³-hybridized carbons (Fsp3) is 0.500. The lowest BCUT2D eigenvalue weighted by Gasteiger charge is -2.33. The number of carbonyl (C=O) groups is 1. The van der Waals surface area contributed by atoms with E-state index in [1.54, 1.807) is 23.4 Å². The van der Waals surface area contributed by atoms with Gasteiger partial charge in [0.2, 0.25) is 5.82 Å². The largest absolute Gasteiger partial charge is 0.450 e. The van der Waals surface area contributed by atoms with Gasteiger partial charge in [0.15, 0.2) is 0 Å². The zero-order chi connectivity index (χ0) is 15.7. The predicted molar refractivity (Wildman–Crippen MR) is 80.5 cm³/mol. The van der Waals surface area contributed by atoms with Crippen LogP contribution in [0.15, 0.2) is 11.6 Å². The quantitative estimate of drug-likeness (QED) is 0.628. The molecular weight excluding hydrogens is 310 g/mol. The molecule has 0 atom stereocenters. The van der Waals surface area contributed by atoms with Crippen molar-refractivity contribution in [2.24, 2.45) is 0 Å². The van der Waals surface area contributed by atoms with Crippen LogP contribution in [0.4, 0.5) is 16.4 Å². The second-order valence-corrected chi connectivity index (χ2v) is 5.62. The van der Waals surface area contributed by atoms with Gasteiger partial charge < -0.3 is 24.7 Å². The first-order valence-corrected chi connectivity index (χ1v) is 7.76. The molecule has 2 aromatic rings. The van der Waals surface area contributed by atoms with Gasteiger partial charge in [-0.1, -0.05) is 11.3 Å². The van der Waals surface area contributed by atoms with Crippen LogP contribution in [0.5, 0.6) is 0 Å². The van der Waals surface area contributed by atoms with Crippen molar-refractivity contribution in [2.75, 3.05) is 37.7 Å². The molecule has 22 heavy (non-hydrogen) atoms. The number of hydrogen-bond acceptors (Lipinski definition) is 7. The van der Waals surface area contributed by atoms with E-state index in [0.29, 0.717) is 43.6 Å². The minimum Gasteiger partial charge on any atom is -0.450 e. The lowest BCUT2D eigenvalue weighted by molar-refractivity contribution is -0.389. The van der Waals surface area contributed by atoms with Crippen LogP contribution in [-0.2, 0) is 4.74 Å². The summed E-state index contributed by atoms with van der Waals surface area (Å²) < 4.78 is 6.45. The highest BCUT2D eigenvalue weighted by molar-refractivity contribution is 7.15. The number of carbonyl (C=O) groups excluding carboxylic acids is 1. The number of amides is 1. The Labute approximate surface area is 129 Å². The third-order valence-corrected chi connectivity index (χ3v) is 4.25. The number of thiazole rings is 1. The highest BCUT2D eigenvalue weighted by Gasteiger charge is 2.31. The van der Waals surface area contributed by atoms with Crippen LogP contribution >= 0.6 is 11.3 Å². The molecule has 2 aromatic heterocycles. The van der Waals surface area contributed by atoms with Gasteiger partial charge in [0.25, 0.3) is 4.96 Å². The number of hydrogen-bond donors (Lipinski definition) is 0. The predicted octanol–water partition coefficient (Wildman–Crippen LogP) is 1.58. The van der Waals surface area contributed by atoms with Gasteiger partial charge in [0.1, 0.15) is 6.20 Å². The molecular formula is C12H15N5O4S. The Bertz CT molecular complexity index is 703. The van der Waals surface area contributed by atoms with Crippen molar-refractivity contribution in [1.29, 1.82) is 0 Å². The molecule has 118 valence electrons. The van der Waals surface area contributed by atoms with Crippen molar-refractivity contribution in [3.05, 3.63) is 21.7 Å². The molecule has 10 heteroatoms. The van der Waals surface area contributed by atoms with E-state index in [9.17, 15) is 14.9 Å². The maximum atomic E-state index is 11.7. The minimum absolute atomic E-state index is 0.0270. The maximum absolute atomic E-state index is 11.7. The van der Waals surface area contributed by atoms with Crippen LogP contribution in [0.25, 0.3) is 4.96 Å². The average Bonchev–Trinajstić information content (AvgIpc) is 3.07. The minimum atomic E-state index is -0.417. The number of aromatic nitrogens is 2. The molecule has 0 bridgehead atoms. The van der Waals surface area contributed by atoms with E-state index in [2.05, 4.69) is 4.98 Å². The van der Waals surface area contributed by atoms with E-state index in [1.165, 1.54) is 15.7 Å². The summed E-state index contributed by atoms with van der Waals surface area (Å²) in [5, 5.41) is 13.1. The van der Waals surface area contributed by atoms with Gasteiger partial charge in [-0.3, -0.25) is 0 Å².